The highest BCUT2D eigenvalue weighted by atomic mass is 16.8. The van der Waals surface area contributed by atoms with E-state index in [0.717, 1.165) is 5.56 Å². The van der Waals surface area contributed by atoms with Gasteiger partial charge in [-0.3, -0.25) is 15.0 Å². The first kappa shape index (κ1) is 16.0. The summed E-state index contributed by atoms with van der Waals surface area (Å²) >= 11 is 0. The van der Waals surface area contributed by atoms with Crippen LogP contribution < -0.4 is 10.5 Å². The minimum Gasteiger partial charge on any atom is -0.393 e. The number of hydrogen-bond acceptors (Lipinski definition) is 6. The zero-order valence-electron chi connectivity index (χ0n) is 12.1. The van der Waals surface area contributed by atoms with Crippen molar-refractivity contribution in [3.8, 4) is 5.75 Å². The summed E-state index contributed by atoms with van der Waals surface area (Å²) in [4.78, 5) is 26.0. The van der Waals surface area contributed by atoms with Crippen molar-refractivity contribution in [2.45, 2.75) is 6.92 Å². The molecular weight excluding hydrogens is 302 g/mol. The number of aryl methyl sites for hydroxylation is 1. The van der Waals surface area contributed by atoms with Crippen molar-refractivity contribution in [2.75, 3.05) is 0 Å². The summed E-state index contributed by atoms with van der Waals surface area (Å²) in [5.41, 5.74) is 7.22. The molecule has 23 heavy (non-hydrogen) atoms. The zero-order valence-corrected chi connectivity index (χ0v) is 12.1. The number of carbonyl (C=O) groups is 1. The van der Waals surface area contributed by atoms with Crippen molar-refractivity contribution < 1.29 is 19.3 Å². The fourth-order valence-electron chi connectivity index (χ4n) is 1.61. The van der Waals surface area contributed by atoms with Crippen LogP contribution in [0.4, 0.5) is 10.5 Å². The summed E-state index contributed by atoms with van der Waals surface area (Å²) in [6.07, 6.45) is -1.10. The van der Waals surface area contributed by atoms with Gasteiger partial charge in [0.1, 0.15) is 5.75 Å². The van der Waals surface area contributed by atoms with Crippen LogP contribution in [-0.2, 0) is 4.84 Å². The van der Waals surface area contributed by atoms with Gasteiger partial charge in [-0.05, 0) is 19.1 Å². The molecule has 0 bridgehead atoms. The summed E-state index contributed by atoms with van der Waals surface area (Å²) in [5.74, 6) is 0.107. The van der Waals surface area contributed by atoms with Gasteiger partial charge in [-0.1, -0.05) is 35.0 Å². The number of carbonyl (C=O) groups excluding carboxylic acids is 1. The lowest BCUT2D eigenvalue weighted by Crippen LogP contribution is -2.16. The van der Waals surface area contributed by atoms with Gasteiger partial charge in [0.15, 0.2) is 5.84 Å². The number of nitro benzene ring substituents is 1. The van der Waals surface area contributed by atoms with Crippen LogP contribution >= 0.6 is 0 Å². The Bertz CT molecular complexity index is 739. The SMILES string of the molecule is Cc1ccc(/C(N)=N/OC(=O)Oc2ccc([N+](=O)[O-])cc2)cc1. The standard InChI is InChI=1S/C15H13N3O5/c1-10-2-4-11(5-3-10)14(16)17-23-15(19)22-13-8-6-12(7-9-13)18(20)21/h2-9H,1H3,(H2,16,17). The Morgan fingerprint density at radius 1 is 1.13 bits per heavy atom. The van der Waals surface area contributed by atoms with Crippen molar-refractivity contribution in [1.82, 2.24) is 0 Å². The monoisotopic (exact) mass is 315 g/mol. The van der Waals surface area contributed by atoms with Crippen LogP contribution in [-0.4, -0.2) is 16.9 Å². The molecule has 118 valence electrons. The van der Waals surface area contributed by atoms with E-state index < -0.39 is 11.1 Å². The lowest BCUT2D eigenvalue weighted by Gasteiger charge is -2.03. The fraction of sp³-hybridized carbons (Fsp3) is 0.0667. The Morgan fingerprint density at radius 3 is 2.30 bits per heavy atom. The molecule has 0 radical (unpaired) electrons. The topological polar surface area (TPSA) is 117 Å². The predicted molar refractivity (Wildman–Crippen MR) is 82.1 cm³/mol. The lowest BCUT2D eigenvalue weighted by molar-refractivity contribution is -0.384. The van der Waals surface area contributed by atoms with Crippen molar-refractivity contribution in [3.05, 3.63) is 69.8 Å². The van der Waals surface area contributed by atoms with Crippen molar-refractivity contribution in [1.29, 1.82) is 0 Å². The number of hydrogen-bond donors (Lipinski definition) is 1. The van der Waals surface area contributed by atoms with Gasteiger partial charge < -0.3 is 10.5 Å². The van der Waals surface area contributed by atoms with Gasteiger partial charge in [-0.2, -0.15) is 0 Å². The molecule has 0 heterocycles. The van der Waals surface area contributed by atoms with Gasteiger partial charge in [-0.25, -0.2) is 4.79 Å². The van der Waals surface area contributed by atoms with E-state index >= 15 is 0 Å². The number of oxime groups is 1. The maximum atomic E-state index is 11.5. The number of nitro groups is 1. The number of ether oxygens (including phenoxy) is 1. The number of benzene rings is 2. The van der Waals surface area contributed by atoms with Gasteiger partial charge in [0, 0.05) is 17.7 Å². The Morgan fingerprint density at radius 2 is 1.74 bits per heavy atom. The Balaban J connectivity index is 1.95. The second-order valence-electron chi connectivity index (χ2n) is 4.54. The van der Waals surface area contributed by atoms with E-state index in [-0.39, 0.29) is 17.3 Å². The normalized spacial score (nSPS) is 10.9. The van der Waals surface area contributed by atoms with E-state index in [1.54, 1.807) is 12.1 Å². The zero-order chi connectivity index (χ0) is 16.8. The van der Waals surface area contributed by atoms with Gasteiger partial charge in [0.25, 0.3) is 5.69 Å². The van der Waals surface area contributed by atoms with E-state index in [4.69, 9.17) is 10.5 Å². The molecule has 8 heteroatoms. The predicted octanol–water partition coefficient (Wildman–Crippen LogP) is 2.74. The van der Waals surface area contributed by atoms with Crippen LogP contribution in [0.25, 0.3) is 0 Å². The first-order valence-electron chi connectivity index (χ1n) is 6.49. The number of nitrogens with zero attached hydrogens (tertiary/aromatic N) is 2. The van der Waals surface area contributed by atoms with E-state index in [1.165, 1.54) is 24.3 Å². The van der Waals surface area contributed by atoms with E-state index in [9.17, 15) is 14.9 Å². The maximum absolute atomic E-state index is 11.5. The molecule has 0 saturated carbocycles. The summed E-state index contributed by atoms with van der Waals surface area (Å²) in [7, 11) is 0. The first-order chi connectivity index (χ1) is 11.0. The molecule has 0 aliphatic rings. The Kier molecular flexibility index (Phi) is 4.88. The summed E-state index contributed by atoms with van der Waals surface area (Å²) in [6, 6.07) is 12.1. The van der Waals surface area contributed by atoms with Crippen LogP contribution in [0.5, 0.6) is 5.75 Å². The summed E-state index contributed by atoms with van der Waals surface area (Å²) in [5, 5.41) is 14.0. The third-order valence-corrected chi connectivity index (χ3v) is 2.81. The van der Waals surface area contributed by atoms with E-state index in [0.29, 0.717) is 5.56 Å². The van der Waals surface area contributed by atoms with Crippen molar-refractivity contribution in [2.24, 2.45) is 10.9 Å². The quantitative estimate of drug-likeness (QED) is 0.176. The minimum atomic E-state index is -1.10. The molecule has 0 unspecified atom stereocenters. The van der Waals surface area contributed by atoms with Gasteiger partial charge in [0.2, 0.25) is 0 Å². The molecule has 0 fully saturated rings. The molecule has 2 N–H and O–H groups in total. The molecule has 0 aliphatic heterocycles. The second kappa shape index (κ2) is 7.03. The average Bonchev–Trinajstić information content (AvgIpc) is 2.54. The van der Waals surface area contributed by atoms with Crippen LogP contribution in [0.2, 0.25) is 0 Å². The van der Waals surface area contributed by atoms with Gasteiger partial charge >= 0.3 is 6.16 Å². The highest BCUT2D eigenvalue weighted by Crippen LogP contribution is 2.17. The number of non-ortho nitro benzene ring substituents is 1. The van der Waals surface area contributed by atoms with E-state index in [1.807, 2.05) is 19.1 Å². The minimum absolute atomic E-state index is 0.0191. The highest BCUT2D eigenvalue weighted by molar-refractivity contribution is 5.97. The van der Waals surface area contributed by atoms with Crippen LogP contribution in [0.15, 0.2) is 53.7 Å². The van der Waals surface area contributed by atoms with Crippen LogP contribution in [0.1, 0.15) is 11.1 Å². The molecule has 0 atom stereocenters. The van der Waals surface area contributed by atoms with Crippen molar-refractivity contribution >= 4 is 17.7 Å². The number of rotatable bonds is 4. The van der Waals surface area contributed by atoms with Crippen LogP contribution in [0.3, 0.4) is 0 Å². The molecule has 2 rings (SSSR count). The summed E-state index contributed by atoms with van der Waals surface area (Å²) in [6.45, 7) is 1.93. The average molecular weight is 315 g/mol. The van der Waals surface area contributed by atoms with Crippen molar-refractivity contribution in [3.63, 3.8) is 0 Å². The smallest absolute Gasteiger partial charge is 0.393 e. The number of nitrogens with two attached hydrogens (primary N) is 1. The Hall–Kier alpha value is -3.42. The van der Waals surface area contributed by atoms with Gasteiger partial charge in [0.05, 0.1) is 4.92 Å². The maximum Gasteiger partial charge on any atom is 0.540 e. The Labute approximate surface area is 131 Å². The molecule has 8 nitrogen and oxygen atoms in total. The third kappa shape index (κ3) is 4.53. The second-order valence-corrected chi connectivity index (χ2v) is 4.54. The van der Waals surface area contributed by atoms with E-state index in [2.05, 4.69) is 9.99 Å². The highest BCUT2D eigenvalue weighted by Gasteiger charge is 2.10. The molecule has 0 saturated heterocycles. The molecular formula is C15H13N3O5. The first-order valence-corrected chi connectivity index (χ1v) is 6.49. The molecule has 0 spiro atoms. The molecule has 0 amide bonds. The largest absolute Gasteiger partial charge is 0.540 e. The van der Waals surface area contributed by atoms with Gasteiger partial charge in [-0.15, -0.1) is 0 Å². The third-order valence-electron chi connectivity index (χ3n) is 2.81. The molecule has 2 aromatic rings. The number of amidine groups is 1. The molecule has 0 aliphatic carbocycles. The molecule has 0 aromatic heterocycles. The molecule has 2 aromatic carbocycles. The fourth-order valence-corrected chi connectivity index (χ4v) is 1.61. The lowest BCUT2D eigenvalue weighted by atomic mass is 10.1. The van der Waals surface area contributed by atoms with Crippen LogP contribution in [0, 0.1) is 17.0 Å². The summed E-state index contributed by atoms with van der Waals surface area (Å²) < 4.78 is 4.81.